The zero-order valence-corrected chi connectivity index (χ0v) is 15.4. The van der Waals surface area contributed by atoms with Crippen LogP contribution in [0.2, 0.25) is 0 Å². The highest BCUT2D eigenvalue weighted by atomic mass is 127. The van der Waals surface area contributed by atoms with Crippen molar-refractivity contribution in [3.8, 4) is 0 Å². The molecular formula is C10H15BrI2O4. The fraction of sp³-hybridized carbons (Fsp3) is 0.700. The molecule has 0 saturated heterocycles. The van der Waals surface area contributed by atoms with Crippen LogP contribution in [0, 0.1) is 0 Å². The van der Waals surface area contributed by atoms with E-state index in [1.807, 2.05) is 0 Å². The standard InChI is InChI=1S/C10H15BrI2O4/c1-2-3-4-15-5-6-16-10(14)17-7-8(12)9(11)13/h2-7H2,1H3/b9-8-. The lowest BCUT2D eigenvalue weighted by atomic mass is 10.4. The molecule has 0 amide bonds. The SMILES string of the molecule is CCCCOCCOC(=O)OC/C(I)=C(\Br)I. The second-order valence-corrected chi connectivity index (χ2v) is 7.67. The van der Waals surface area contributed by atoms with Crippen molar-refractivity contribution < 1.29 is 19.0 Å². The lowest BCUT2D eigenvalue weighted by molar-refractivity contribution is 0.0313. The molecule has 0 spiro atoms. The van der Waals surface area contributed by atoms with Gasteiger partial charge in [-0.2, -0.15) is 0 Å². The number of halogens is 3. The topological polar surface area (TPSA) is 44.8 Å². The van der Waals surface area contributed by atoms with Crippen molar-refractivity contribution in [1.82, 2.24) is 0 Å². The van der Waals surface area contributed by atoms with Crippen LogP contribution < -0.4 is 0 Å². The van der Waals surface area contributed by atoms with Gasteiger partial charge in [-0.1, -0.05) is 13.3 Å². The molecule has 0 aliphatic heterocycles. The lowest BCUT2D eigenvalue weighted by Crippen LogP contribution is -2.13. The van der Waals surface area contributed by atoms with Crippen molar-refractivity contribution in [2.75, 3.05) is 26.4 Å². The maximum Gasteiger partial charge on any atom is 0.508 e. The van der Waals surface area contributed by atoms with Gasteiger partial charge in [-0.15, -0.1) is 0 Å². The third kappa shape index (κ3) is 11.7. The van der Waals surface area contributed by atoms with Gasteiger partial charge in [0, 0.05) is 10.2 Å². The number of unbranched alkanes of at least 4 members (excludes halogenated alkanes) is 1. The molecule has 0 unspecified atom stereocenters. The summed E-state index contributed by atoms with van der Waals surface area (Å²) in [5.41, 5.74) is 0. The maximum absolute atomic E-state index is 11.1. The Morgan fingerprint density at radius 1 is 1.18 bits per heavy atom. The van der Waals surface area contributed by atoms with E-state index in [9.17, 15) is 4.79 Å². The summed E-state index contributed by atoms with van der Waals surface area (Å²) < 4.78 is 16.8. The average molecular weight is 533 g/mol. The van der Waals surface area contributed by atoms with Crippen LogP contribution in [0.25, 0.3) is 0 Å². The number of hydrogen-bond donors (Lipinski definition) is 0. The van der Waals surface area contributed by atoms with Crippen LogP contribution >= 0.6 is 61.1 Å². The summed E-state index contributed by atoms with van der Waals surface area (Å²) in [7, 11) is 0. The molecule has 0 aliphatic rings. The molecule has 0 fully saturated rings. The number of ether oxygens (including phenoxy) is 3. The molecule has 4 nitrogen and oxygen atoms in total. The summed E-state index contributed by atoms with van der Waals surface area (Å²) in [6, 6.07) is 0. The normalized spacial score (nSPS) is 12.0. The summed E-state index contributed by atoms with van der Waals surface area (Å²) in [6.07, 6.45) is 1.46. The molecule has 0 bridgehead atoms. The minimum absolute atomic E-state index is 0.222. The molecule has 0 radical (unpaired) electrons. The third-order valence-corrected chi connectivity index (χ3v) is 5.37. The largest absolute Gasteiger partial charge is 0.508 e. The Hall–Kier alpha value is 0.910. The van der Waals surface area contributed by atoms with E-state index in [0.29, 0.717) is 13.2 Å². The van der Waals surface area contributed by atoms with Crippen molar-refractivity contribution in [3.05, 3.63) is 6.07 Å². The first kappa shape index (κ1) is 17.9. The highest BCUT2D eigenvalue weighted by Crippen LogP contribution is 2.24. The number of carbonyl (C=O) groups is 1. The van der Waals surface area contributed by atoms with Gasteiger partial charge in [0.2, 0.25) is 0 Å². The molecule has 0 aromatic rings. The van der Waals surface area contributed by atoms with E-state index in [1.54, 1.807) is 0 Å². The molecule has 0 heterocycles. The monoisotopic (exact) mass is 532 g/mol. The lowest BCUT2D eigenvalue weighted by Gasteiger charge is -2.06. The van der Waals surface area contributed by atoms with Crippen LogP contribution in [0.4, 0.5) is 4.79 Å². The quantitative estimate of drug-likeness (QED) is 0.264. The van der Waals surface area contributed by atoms with Crippen LogP contribution in [0.15, 0.2) is 6.07 Å². The molecular weight excluding hydrogens is 518 g/mol. The summed E-state index contributed by atoms with van der Waals surface area (Å²) in [6.45, 7) is 3.67. The second kappa shape index (κ2) is 12.0. The van der Waals surface area contributed by atoms with Crippen molar-refractivity contribution in [2.45, 2.75) is 19.8 Å². The van der Waals surface area contributed by atoms with E-state index in [0.717, 1.165) is 18.9 Å². The Morgan fingerprint density at radius 2 is 1.88 bits per heavy atom. The summed E-state index contributed by atoms with van der Waals surface area (Å²) in [5.74, 6) is 0. The number of carbonyl (C=O) groups excluding carboxylic acids is 1. The molecule has 0 aromatic heterocycles. The Morgan fingerprint density at radius 3 is 2.47 bits per heavy atom. The van der Waals surface area contributed by atoms with Crippen LogP contribution in [-0.4, -0.2) is 32.6 Å². The molecule has 17 heavy (non-hydrogen) atoms. The molecule has 100 valence electrons. The maximum atomic E-state index is 11.1. The minimum Gasteiger partial charge on any atom is -0.432 e. The first-order valence-electron chi connectivity index (χ1n) is 5.14. The predicted molar refractivity (Wildman–Crippen MR) is 87.0 cm³/mol. The Bertz CT molecular complexity index is 255. The van der Waals surface area contributed by atoms with Crippen molar-refractivity contribution in [1.29, 1.82) is 0 Å². The molecule has 7 heteroatoms. The predicted octanol–water partition coefficient (Wildman–Crippen LogP) is 4.39. The van der Waals surface area contributed by atoms with Gasteiger partial charge in [-0.3, -0.25) is 0 Å². The van der Waals surface area contributed by atoms with Crippen LogP contribution in [0.5, 0.6) is 0 Å². The highest BCUT2D eigenvalue weighted by Gasteiger charge is 2.05. The Kier molecular flexibility index (Phi) is 12.6. The fourth-order valence-corrected chi connectivity index (χ4v) is 1.18. The van der Waals surface area contributed by atoms with Crippen LogP contribution in [-0.2, 0) is 14.2 Å². The first-order valence-corrected chi connectivity index (χ1v) is 8.10. The van der Waals surface area contributed by atoms with Gasteiger partial charge in [0.05, 0.1) is 9.10 Å². The van der Waals surface area contributed by atoms with Crippen molar-refractivity contribution >= 4 is 67.3 Å². The summed E-state index contributed by atoms with van der Waals surface area (Å²) in [5, 5.41) is 0. The van der Waals surface area contributed by atoms with E-state index in [1.165, 1.54) is 0 Å². The van der Waals surface area contributed by atoms with Gasteiger partial charge in [-0.25, -0.2) is 4.79 Å². The van der Waals surface area contributed by atoms with Gasteiger partial charge < -0.3 is 14.2 Å². The molecule has 0 saturated carbocycles. The molecule has 0 aliphatic carbocycles. The molecule has 0 rings (SSSR count). The van der Waals surface area contributed by atoms with Gasteiger partial charge in [0.1, 0.15) is 13.2 Å². The van der Waals surface area contributed by atoms with Gasteiger partial charge in [0.25, 0.3) is 0 Å². The van der Waals surface area contributed by atoms with Crippen molar-refractivity contribution in [2.24, 2.45) is 0 Å². The zero-order chi connectivity index (χ0) is 13.1. The fourth-order valence-electron chi connectivity index (χ4n) is 0.751. The highest BCUT2D eigenvalue weighted by molar-refractivity contribution is 14.1. The second-order valence-electron chi connectivity index (χ2n) is 3.02. The van der Waals surface area contributed by atoms with Gasteiger partial charge >= 0.3 is 6.16 Å². The third-order valence-electron chi connectivity index (χ3n) is 1.61. The molecule has 0 atom stereocenters. The zero-order valence-electron chi connectivity index (χ0n) is 9.51. The van der Waals surface area contributed by atoms with Crippen LogP contribution in [0.3, 0.4) is 0 Å². The van der Waals surface area contributed by atoms with E-state index in [4.69, 9.17) is 14.2 Å². The average Bonchev–Trinajstić information content (AvgIpc) is 2.30. The summed E-state index contributed by atoms with van der Waals surface area (Å²) >= 11 is 7.48. The summed E-state index contributed by atoms with van der Waals surface area (Å²) in [4.78, 5) is 11.1. The van der Waals surface area contributed by atoms with E-state index < -0.39 is 6.16 Å². The smallest absolute Gasteiger partial charge is 0.432 e. The molecule has 0 aromatic carbocycles. The Balaban J connectivity index is 3.45. The Labute approximate surface area is 137 Å². The van der Waals surface area contributed by atoms with Crippen LogP contribution in [0.1, 0.15) is 19.8 Å². The van der Waals surface area contributed by atoms with Gasteiger partial charge in [0.15, 0.2) is 0 Å². The van der Waals surface area contributed by atoms with E-state index in [2.05, 4.69) is 68.0 Å². The van der Waals surface area contributed by atoms with E-state index in [-0.39, 0.29) is 13.2 Å². The number of hydrogen-bond acceptors (Lipinski definition) is 4. The number of rotatable bonds is 8. The van der Waals surface area contributed by atoms with E-state index >= 15 is 0 Å². The van der Waals surface area contributed by atoms with Crippen molar-refractivity contribution in [3.63, 3.8) is 0 Å². The molecule has 0 N–H and O–H groups in total. The van der Waals surface area contributed by atoms with Gasteiger partial charge in [-0.05, 0) is 67.5 Å². The first-order chi connectivity index (χ1) is 8.07. The minimum atomic E-state index is -0.664.